The summed E-state index contributed by atoms with van der Waals surface area (Å²) in [6, 6.07) is 1.33. The molecule has 0 aromatic heterocycles. The van der Waals surface area contributed by atoms with Crippen molar-refractivity contribution in [1.29, 1.82) is 0 Å². The minimum Gasteiger partial charge on any atom is -0.462 e. The molecule has 25 atom stereocenters. The van der Waals surface area contributed by atoms with Crippen LogP contribution in [0.15, 0.2) is 64.6 Å². The number of nitrogens with one attached hydrogen (secondary N) is 6. The number of aliphatic hydroxyl groups excluding tert-OH is 14. The van der Waals surface area contributed by atoms with Gasteiger partial charge in [0.15, 0.2) is 24.4 Å². The minimum absolute atomic E-state index is 0.0796. The van der Waals surface area contributed by atoms with Crippen molar-refractivity contribution in [2.45, 2.75) is 166 Å². The number of carbonyl (C=O) groups is 6. The number of benzene rings is 2. The third kappa shape index (κ3) is 16.6. The lowest BCUT2D eigenvalue weighted by Crippen LogP contribution is -2.70. The second-order valence-corrected chi connectivity index (χ2v) is 22.2. The van der Waals surface area contributed by atoms with Crippen LogP contribution in [0.1, 0.15) is 24.0 Å². The summed E-state index contributed by atoms with van der Waals surface area (Å²) in [5.74, 6) is -7.44. The topological polar surface area (TPSA) is 610 Å². The molecule has 2 aromatic carbocycles. The maximum absolute atomic E-state index is 15.1. The molecule has 5 aliphatic heterocycles. The lowest BCUT2D eigenvalue weighted by Gasteiger charge is -2.46. The van der Waals surface area contributed by atoms with E-state index in [1.54, 1.807) is 37.3 Å². The van der Waals surface area contributed by atoms with Gasteiger partial charge in [-0.3, -0.25) is 34.0 Å². The number of hydrogen-bond donors (Lipinski definition) is 23. The number of guanidine groups is 2. The van der Waals surface area contributed by atoms with E-state index in [1.165, 1.54) is 24.3 Å². The number of aliphatic hydroxyl groups is 14. The third-order valence-corrected chi connectivity index (χ3v) is 16.2. The largest absolute Gasteiger partial charge is 0.462 e. The van der Waals surface area contributed by atoms with E-state index in [0.717, 1.165) is 4.90 Å². The van der Waals surface area contributed by atoms with Gasteiger partial charge in [0.1, 0.15) is 128 Å². The maximum Gasteiger partial charge on any atom is 0.246 e. The predicted octanol–water partition coefficient (Wildman–Crippen LogP) is -13.6. The Morgan fingerprint density at radius 3 is 1.82 bits per heavy atom. The highest BCUT2D eigenvalue weighted by Gasteiger charge is 2.54. The van der Waals surface area contributed by atoms with Gasteiger partial charge < -0.3 is 154 Å². The monoisotopic (exact) mass is 1300 g/mol. The molecule has 37 nitrogen and oxygen atoms in total. The molecule has 26 N–H and O–H groups in total. The zero-order chi connectivity index (χ0) is 66.7. The number of aliphatic imine (C=N–C) groups is 2. The van der Waals surface area contributed by atoms with Crippen molar-refractivity contribution in [3.63, 3.8) is 0 Å². The van der Waals surface area contributed by atoms with E-state index in [1.807, 2.05) is 0 Å². The molecule has 0 spiro atoms. The second-order valence-electron chi connectivity index (χ2n) is 22.2. The zero-order valence-corrected chi connectivity index (χ0v) is 48.7. The van der Waals surface area contributed by atoms with Crippen LogP contribution in [-0.4, -0.2) is 317 Å². The molecule has 0 aliphatic carbocycles. The van der Waals surface area contributed by atoms with Crippen molar-refractivity contribution in [2.24, 2.45) is 27.2 Å². The number of rotatable bonds is 28. The third-order valence-electron chi connectivity index (χ3n) is 16.2. The Kier molecular flexibility index (Phi) is 25.2. The molecule has 20 unspecified atom stereocenters. The fraction of sp³-hybridized carbons (Fsp3) is 0.630. The van der Waals surface area contributed by atoms with E-state index in [-0.39, 0.29) is 30.1 Å². The van der Waals surface area contributed by atoms with Gasteiger partial charge in [-0.15, -0.1) is 0 Å². The Hall–Kier alpha value is -6.96. The summed E-state index contributed by atoms with van der Waals surface area (Å²) in [6.07, 6.45) is -31.5. The van der Waals surface area contributed by atoms with Crippen molar-refractivity contribution < 1.29 is 124 Å². The Morgan fingerprint density at radius 1 is 0.659 bits per heavy atom. The van der Waals surface area contributed by atoms with Crippen LogP contribution in [0.5, 0.6) is 5.75 Å². The molecule has 0 bridgehead atoms. The average molecular weight is 1300 g/mol. The van der Waals surface area contributed by atoms with E-state index in [2.05, 4.69) is 41.9 Å². The Morgan fingerprint density at radius 2 is 1.23 bits per heavy atom. The predicted molar refractivity (Wildman–Crippen MR) is 305 cm³/mol. The number of ether oxygens (including phenoxy) is 5. The molecule has 5 heterocycles. The van der Waals surface area contributed by atoms with Crippen LogP contribution < -0.4 is 53.8 Å². The summed E-state index contributed by atoms with van der Waals surface area (Å²) in [5.41, 5.74) is 18.5. The van der Waals surface area contributed by atoms with Crippen LogP contribution in [0.3, 0.4) is 0 Å². The quantitative estimate of drug-likeness (QED) is 0.0352. The van der Waals surface area contributed by atoms with Crippen LogP contribution in [-0.2, 0) is 54.1 Å². The van der Waals surface area contributed by atoms with Gasteiger partial charge in [0, 0.05) is 12.3 Å². The van der Waals surface area contributed by atoms with Crippen LogP contribution >= 0.6 is 0 Å². The van der Waals surface area contributed by atoms with E-state index < -0.39 is 234 Å². The minimum atomic E-state index is -2.30. The fourth-order valence-electron chi connectivity index (χ4n) is 10.9. The highest BCUT2D eigenvalue weighted by Crippen LogP contribution is 2.32. The summed E-state index contributed by atoms with van der Waals surface area (Å²) in [7, 11) is 0. The normalized spacial score (nSPS) is 32.6. The standard InChI is InChI=1S/C54H80N12O25/c1-20(22-5-3-2-4-6-22)32(63-31(72)12-55)47(84)61-25(11-21-7-9-24(10-8-21)87-51-44(82)41(79)45(30(19-71)90-51)91-52-43(81)40(78)38(76)29(18-70)89-52)46(83)64-33(35(73)26-13-58-53(56)62-26)49(86)65-34(48(85)60-23(15-67)16-68)36(74)27-14-59-54(57)66(27)50-42(80)39(77)37(75)28(17-69)88-50/h2-10,15,20,23,25-30,32-45,50-52,68-71,73-82H,11-14,16-19,55H2,1H3,(H2,57,59)(H,60,85)(H,61,84)(H,63,72)(H,64,83)(H,65,86)(H3,56,58,62)/t20?,23-,25+,26?,27?,28?,29?,30?,32+,33+,34+,35?,36?,37?,38?,39?,40?,41?,42?,43?,44?,45?,50?,51?,52?/m1/s1. The summed E-state index contributed by atoms with van der Waals surface area (Å²) in [5, 5.41) is 164. The maximum atomic E-state index is 15.1. The van der Waals surface area contributed by atoms with E-state index >= 15 is 4.79 Å². The summed E-state index contributed by atoms with van der Waals surface area (Å²) in [6.45, 7) is -3.44. The van der Waals surface area contributed by atoms with E-state index in [9.17, 15) is 95.5 Å². The second kappa shape index (κ2) is 32.1. The van der Waals surface area contributed by atoms with Gasteiger partial charge >= 0.3 is 0 Å². The van der Waals surface area contributed by atoms with Crippen molar-refractivity contribution >= 4 is 47.7 Å². The number of carbonyl (C=O) groups excluding carboxylic acids is 6. The number of amides is 5. The van der Waals surface area contributed by atoms with Gasteiger partial charge in [0.2, 0.25) is 35.8 Å². The number of nitrogens with zero attached hydrogens (tertiary/aromatic N) is 3. The molecule has 7 rings (SSSR count). The molecule has 0 saturated carbocycles. The number of hydrogen-bond acceptors (Lipinski definition) is 32. The molecule has 91 heavy (non-hydrogen) atoms. The van der Waals surface area contributed by atoms with E-state index in [4.69, 9.17) is 40.9 Å². The van der Waals surface area contributed by atoms with Crippen molar-refractivity contribution in [1.82, 2.24) is 36.8 Å². The van der Waals surface area contributed by atoms with Gasteiger partial charge in [0.25, 0.3) is 0 Å². The summed E-state index contributed by atoms with van der Waals surface area (Å²) in [4.78, 5) is 92.7. The summed E-state index contributed by atoms with van der Waals surface area (Å²) < 4.78 is 28.2. The fourth-order valence-corrected chi connectivity index (χ4v) is 10.9. The van der Waals surface area contributed by atoms with E-state index in [0.29, 0.717) is 5.56 Å². The van der Waals surface area contributed by atoms with Crippen molar-refractivity contribution in [3.05, 3.63) is 65.7 Å². The van der Waals surface area contributed by atoms with Gasteiger partial charge in [-0.05, 0) is 23.3 Å². The molecular formula is C54H80N12O25. The molecule has 37 heteroatoms. The molecule has 0 radical (unpaired) electrons. The molecule has 3 saturated heterocycles. The first-order valence-corrected chi connectivity index (χ1v) is 28.8. The molecule has 506 valence electrons. The first-order valence-electron chi connectivity index (χ1n) is 28.8. The van der Waals surface area contributed by atoms with Crippen LogP contribution in [0, 0.1) is 0 Å². The molecular weight excluding hydrogens is 1220 g/mol. The number of aldehydes is 1. The SMILES string of the molecule is CC(c1ccccc1)[C@H](NC(=O)CN)C(=O)N[C@@H](Cc1ccc(OC2OC(CO)C(OC3OC(CO)C(O)C(O)C3O)C(O)C2O)cc1)C(=O)N[C@H](C(=O)N[C@H](C(=O)N[C@H](C=O)CO)C(O)C1CN=C(N)N1C1OC(CO)C(O)C(O)C1O)C(O)C1CN=C(N)N1. The average Bonchev–Trinajstić information content (AvgIpc) is 1.86. The molecule has 5 aliphatic rings. The highest BCUT2D eigenvalue weighted by molar-refractivity contribution is 5.97. The lowest BCUT2D eigenvalue weighted by atomic mass is 9.92. The summed E-state index contributed by atoms with van der Waals surface area (Å²) >= 11 is 0. The smallest absolute Gasteiger partial charge is 0.246 e. The van der Waals surface area contributed by atoms with Crippen LogP contribution in [0.2, 0.25) is 0 Å². The number of nitrogens with two attached hydrogens (primary N) is 3. The lowest BCUT2D eigenvalue weighted by molar-refractivity contribution is -0.352. The van der Waals surface area contributed by atoms with Gasteiger partial charge in [-0.25, -0.2) is 0 Å². The Balaban J connectivity index is 1.18. The highest BCUT2D eigenvalue weighted by atomic mass is 16.7. The molecule has 2 aromatic rings. The van der Waals surface area contributed by atoms with Gasteiger partial charge in [0.05, 0.1) is 58.1 Å². The van der Waals surface area contributed by atoms with Crippen molar-refractivity contribution in [3.8, 4) is 5.75 Å². The first-order chi connectivity index (χ1) is 43.3. The Bertz CT molecular complexity index is 2830. The first kappa shape index (κ1) is 71.5. The van der Waals surface area contributed by atoms with Gasteiger partial charge in [-0.1, -0.05) is 49.4 Å². The van der Waals surface area contributed by atoms with Gasteiger partial charge in [-0.2, -0.15) is 0 Å². The van der Waals surface area contributed by atoms with Crippen LogP contribution in [0.4, 0.5) is 0 Å². The molecule has 5 amide bonds. The Labute approximate surface area is 517 Å². The zero-order valence-electron chi connectivity index (χ0n) is 48.7. The van der Waals surface area contributed by atoms with Crippen molar-refractivity contribution in [2.75, 3.05) is 46.1 Å². The molecule has 3 fully saturated rings. The van der Waals surface area contributed by atoms with Crippen LogP contribution in [0.25, 0.3) is 0 Å².